The zero-order valence-corrected chi connectivity index (χ0v) is 13.5. The normalized spacial score (nSPS) is 18.4. The van der Waals surface area contributed by atoms with Crippen LogP contribution in [0.2, 0.25) is 5.02 Å². The molecule has 3 heteroatoms. The van der Waals surface area contributed by atoms with Crippen LogP contribution in [0.25, 0.3) is 0 Å². The summed E-state index contributed by atoms with van der Waals surface area (Å²) in [5.41, 5.74) is 8.60. The van der Waals surface area contributed by atoms with Crippen LogP contribution in [0.5, 0.6) is 0 Å². The highest BCUT2D eigenvalue weighted by molar-refractivity contribution is 6.30. The second-order valence-electron chi connectivity index (χ2n) is 6.20. The molecule has 1 fully saturated rings. The van der Waals surface area contributed by atoms with Crippen molar-refractivity contribution in [3.63, 3.8) is 0 Å². The van der Waals surface area contributed by atoms with Crippen LogP contribution < -0.4 is 5.73 Å². The van der Waals surface area contributed by atoms with Crippen molar-refractivity contribution in [3.8, 4) is 0 Å². The minimum Gasteiger partial charge on any atom is -0.329 e. The van der Waals surface area contributed by atoms with Crippen LogP contribution in [0.1, 0.15) is 49.3 Å². The minimum absolute atomic E-state index is 0.300. The SMILES string of the molecule is Cc1cc(Cl)ccc1C(CN)N(C)CC1CCCCC1. The first-order valence-corrected chi connectivity index (χ1v) is 8.16. The average molecular weight is 295 g/mol. The number of hydrogen-bond donors (Lipinski definition) is 1. The molecule has 1 aliphatic carbocycles. The van der Waals surface area contributed by atoms with Gasteiger partial charge in [0, 0.05) is 24.2 Å². The molecule has 0 amide bonds. The molecule has 0 bridgehead atoms. The van der Waals surface area contributed by atoms with Crippen molar-refractivity contribution in [2.75, 3.05) is 20.1 Å². The molecule has 2 nitrogen and oxygen atoms in total. The van der Waals surface area contributed by atoms with Gasteiger partial charge in [-0.1, -0.05) is 36.9 Å². The maximum Gasteiger partial charge on any atom is 0.0470 e. The quantitative estimate of drug-likeness (QED) is 0.883. The van der Waals surface area contributed by atoms with Crippen LogP contribution in [0, 0.1) is 12.8 Å². The zero-order chi connectivity index (χ0) is 14.5. The molecule has 0 radical (unpaired) electrons. The second-order valence-corrected chi connectivity index (χ2v) is 6.63. The van der Waals surface area contributed by atoms with Gasteiger partial charge in [0.25, 0.3) is 0 Å². The number of hydrogen-bond acceptors (Lipinski definition) is 2. The molecule has 20 heavy (non-hydrogen) atoms. The van der Waals surface area contributed by atoms with Crippen molar-refractivity contribution in [1.29, 1.82) is 0 Å². The Morgan fingerprint density at radius 2 is 2.00 bits per heavy atom. The van der Waals surface area contributed by atoms with E-state index in [1.807, 2.05) is 12.1 Å². The standard InChI is InChI=1S/C17H27ClN2/c1-13-10-15(18)8-9-16(13)17(11-19)20(2)12-14-6-4-3-5-7-14/h8-10,14,17H,3-7,11-12,19H2,1-2H3. The van der Waals surface area contributed by atoms with Crippen LogP contribution in [-0.4, -0.2) is 25.0 Å². The van der Waals surface area contributed by atoms with Gasteiger partial charge in [-0.15, -0.1) is 0 Å². The Labute approximate surface area is 128 Å². The van der Waals surface area contributed by atoms with E-state index in [9.17, 15) is 0 Å². The van der Waals surface area contributed by atoms with Crippen LogP contribution in [0.3, 0.4) is 0 Å². The van der Waals surface area contributed by atoms with Gasteiger partial charge >= 0.3 is 0 Å². The van der Waals surface area contributed by atoms with Crippen LogP contribution in [0.15, 0.2) is 18.2 Å². The molecule has 1 atom stereocenters. The lowest BCUT2D eigenvalue weighted by atomic mass is 9.88. The maximum absolute atomic E-state index is 6.06. The van der Waals surface area contributed by atoms with Gasteiger partial charge in [-0.2, -0.15) is 0 Å². The highest BCUT2D eigenvalue weighted by Crippen LogP contribution is 2.29. The molecule has 1 aromatic rings. The number of halogens is 1. The van der Waals surface area contributed by atoms with Crippen LogP contribution >= 0.6 is 11.6 Å². The summed E-state index contributed by atoms with van der Waals surface area (Å²) in [5.74, 6) is 0.843. The van der Waals surface area contributed by atoms with Crippen molar-refractivity contribution in [2.45, 2.75) is 45.1 Å². The summed E-state index contributed by atoms with van der Waals surface area (Å²) < 4.78 is 0. The molecule has 0 aromatic heterocycles. The molecule has 2 N–H and O–H groups in total. The van der Waals surface area contributed by atoms with E-state index in [1.54, 1.807) is 0 Å². The van der Waals surface area contributed by atoms with E-state index >= 15 is 0 Å². The van der Waals surface area contributed by atoms with Crippen molar-refractivity contribution >= 4 is 11.6 Å². The number of nitrogens with zero attached hydrogens (tertiary/aromatic N) is 1. The topological polar surface area (TPSA) is 29.3 Å². The third-order valence-electron chi connectivity index (χ3n) is 4.62. The Kier molecular flexibility index (Phi) is 5.88. The van der Waals surface area contributed by atoms with Crippen molar-refractivity contribution in [1.82, 2.24) is 4.90 Å². The van der Waals surface area contributed by atoms with Crippen molar-refractivity contribution in [2.24, 2.45) is 11.7 Å². The fraction of sp³-hybridized carbons (Fsp3) is 0.647. The number of nitrogens with two attached hydrogens (primary N) is 1. The molecular weight excluding hydrogens is 268 g/mol. The third kappa shape index (κ3) is 3.97. The lowest BCUT2D eigenvalue weighted by molar-refractivity contribution is 0.185. The van der Waals surface area contributed by atoms with Gasteiger partial charge < -0.3 is 5.73 Å². The van der Waals surface area contributed by atoms with Crippen LogP contribution in [-0.2, 0) is 0 Å². The fourth-order valence-electron chi connectivity index (χ4n) is 3.46. The summed E-state index contributed by atoms with van der Waals surface area (Å²) in [6, 6.07) is 6.44. The summed E-state index contributed by atoms with van der Waals surface area (Å²) in [6.07, 6.45) is 6.96. The number of likely N-dealkylation sites (N-methyl/N-ethyl adjacent to an activating group) is 1. The predicted octanol–water partition coefficient (Wildman–Crippen LogP) is 4.16. The van der Waals surface area contributed by atoms with E-state index in [1.165, 1.54) is 43.2 Å². The Hall–Kier alpha value is -0.570. The van der Waals surface area contributed by atoms with Crippen LogP contribution in [0.4, 0.5) is 0 Å². The van der Waals surface area contributed by atoms with Gasteiger partial charge in [0.2, 0.25) is 0 Å². The first-order valence-electron chi connectivity index (χ1n) is 7.78. The molecule has 0 aliphatic heterocycles. The van der Waals surface area contributed by atoms with Gasteiger partial charge in [-0.25, -0.2) is 0 Å². The van der Waals surface area contributed by atoms with Gasteiger partial charge in [0.15, 0.2) is 0 Å². The molecular formula is C17H27ClN2. The predicted molar refractivity (Wildman–Crippen MR) is 87.2 cm³/mol. The Morgan fingerprint density at radius 3 is 2.60 bits per heavy atom. The molecule has 0 heterocycles. The Morgan fingerprint density at radius 1 is 1.30 bits per heavy atom. The van der Waals surface area contributed by atoms with Gasteiger partial charge in [0.05, 0.1) is 0 Å². The highest BCUT2D eigenvalue weighted by Gasteiger charge is 2.22. The van der Waals surface area contributed by atoms with Gasteiger partial charge in [-0.05, 0) is 56.0 Å². The lowest BCUT2D eigenvalue weighted by Crippen LogP contribution is -2.35. The Bertz CT molecular complexity index is 427. The molecule has 0 spiro atoms. The summed E-state index contributed by atoms with van der Waals surface area (Å²) in [4.78, 5) is 2.44. The van der Waals surface area contributed by atoms with Gasteiger partial charge in [-0.3, -0.25) is 4.90 Å². The van der Waals surface area contributed by atoms with Crippen molar-refractivity contribution < 1.29 is 0 Å². The number of aryl methyl sites for hydroxylation is 1. The largest absolute Gasteiger partial charge is 0.329 e. The third-order valence-corrected chi connectivity index (χ3v) is 4.85. The van der Waals surface area contributed by atoms with E-state index < -0.39 is 0 Å². The van der Waals surface area contributed by atoms with E-state index in [0.29, 0.717) is 12.6 Å². The first kappa shape index (κ1) is 15.8. The van der Waals surface area contributed by atoms with E-state index in [0.717, 1.165) is 17.5 Å². The minimum atomic E-state index is 0.300. The molecule has 1 aliphatic rings. The molecule has 112 valence electrons. The molecule has 1 saturated carbocycles. The van der Waals surface area contributed by atoms with E-state index in [2.05, 4.69) is 24.9 Å². The fourth-order valence-corrected chi connectivity index (χ4v) is 3.69. The smallest absolute Gasteiger partial charge is 0.0470 e. The summed E-state index contributed by atoms with van der Waals surface area (Å²) in [7, 11) is 2.21. The molecule has 1 aromatic carbocycles. The van der Waals surface area contributed by atoms with E-state index in [4.69, 9.17) is 17.3 Å². The monoisotopic (exact) mass is 294 g/mol. The van der Waals surface area contributed by atoms with Gasteiger partial charge in [0.1, 0.15) is 0 Å². The van der Waals surface area contributed by atoms with Crippen molar-refractivity contribution in [3.05, 3.63) is 34.3 Å². The maximum atomic E-state index is 6.06. The Balaban J connectivity index is 2.06. The molecule has 1 unspecified atom stereocenters. The summed E-state index contributed by atoms with van der Waals surface area (Å²) in [6.45, 7) is 3.94. The number of rotatable bonds is 5. The summed E-state index contributed by atoms with van der Waals surface area (Å²) >= 11 is 6.06. The lowest BCUT2D eigenvalue weighted by Gasteiger charge is -2.33. The second kappa shape index (κ2) is 7.44. The summed E-state index contributed by atoms with van der Waals surface area (Å²) in [5, 5.41) is 0.803. The van der Waals surface area contributed by atoms with E-state index in [-0.39, 0.29) is 0 Å². The first-order chi connectivity index (χ1) is 9.61. The zero-order valence-electron chi connectivity index (χ0n) is 12.7. The molecule has 0 saturated heterocycles. The number of benzene rings is 1. The molecule has 2 rings (SSSR count). The highest BCUT2D eigenvalue weighted by atomic mass is 35.5. The average Bonchev–Trinajstić information content (AvgIpc) is 2.43.